The molecule has 0 saturated carbocycles. The van der Waals surface area contributed by atoms with Crippen LogP contribution in [-0.4, -0.2) is 69.0 Å². The van der Waals surface area contributed by atoms with Gasteiger partial charge in [-0.15, -0.1) is 23.2 Å². The molecule has 6 aromatic rings. The minimum Gasteiger partial charge on any atom is -0.388 e. The summed E-state index contributed by atoms with van der Waals surface area (Å²) in [5, 5.41) is 17.5. The Morgan fingerprint density at radius 2 is 0.609 bits per heavy atom. The summed E-state index contributed by atoms with van der Waals surface area (Å²) >= 11 is 9.28. The number of hydrogen-bond donors (Lipinski definition) is 6. The van der Waals surface area contributed by atoms with Crippen molar-refractivity contribution in [3.8, 4) is 0 Å². The van der Waals surface area contributed by atoms with Gasteiger partial charge in [-0.2, -0.15) is 0 Å². The highest BCUT2D eigenvalue weighted by Gasteiger charge is 2.10. The number of ketones is 3. The van der Waals surface area contributed by atoms with E-state index in [2.05, 4.69) is 55.1 Å². The van der Waals surface area contributed by atoms with Gasteiger partial charge >= 0.3 is 0 Å². The molecule has 0 aliphatic rings. The average molecular weight is 906 g/mol. The minimum atomic E-state index is -0.235. The van der Waals surface area contributed by atoms with Crippen molar-refractivity contribution >= 4 is 92.4 Å². The van der Waals surface area contributed by atoms with E-state index in [1.54, 1.807) is 72.8 Å². The summed E-state index contributed by atoms with van der Waals surface area (Å²) in [5.74, 6) is -0.716. The first-order chi connectivity index (χ1) is 30.8. The monoisotopic (exact) mass is 904 g/mol. The number of carbonyl (C=O) groups excluding carboxylic acids is 6. The molecular formula is C50H54Cl2N6O6. The second-order valence-corrected chi connectivity index (χ2v) is 13.3. The van der Waals surface area contributed by atoms with Gasteiger partial charge in [0.25, 0.3) is 17.7 Å². The van der Waals surface area contributed by atoms with E-state index in [4.69, 9.17) is 0 Å². The lowest BCUT2D eigenvalue weighted by Crippen LogP contribution is -2.12. The molecule has 0 saturated heterocycles. The summed E-state index contributed by atoms with van der Waals surface area (Å²) in [4.78, 5) is 69.9. The van der Waals surface area contributed by atoms with Gasteiger partial charge < -0.3 is 31.9 Å². The van der Waals surface area contributed by atoms with Gasteiger partial charge in [-0.25, -0.2) is 0 Å². The van der Waals surface area contributed by atoms with Crippen molar-refractivity contribution in [2.75, 3.05) is 65.8 Å². The molecule has 0 atom stereocenters. The summed E-state index contributed by atoms with van der Waals surface area (Å²) in [6, 6.07) is 42.1. The fraction of sp³-hybridized carbons (Fsp3) is 0.160. The molecule has 0 radical (unpaired) electrons. The molecule has 3 amide bonds. The Balaban J connectivity index is 0.000000317. The first-order valence-electron chi connectivity index (χ1n) is 19.7. The fourth-order valence-electron chi connectivity index (χ4n) is 5.39. The highest BCUT2D eigenvalue weighted by Crippen LogP contribution is 2.18. The van der Waals surface area contributed by atoms with Gasteiger partial charge in [0.2, 0.25) is 0 Å². The summed E-state index contributed by atoms with van der Waals surface area (Å²) in [6.45, 7) is 4.48. The number of Topliss-reactive ketones (excluding diaryl/α,β-unsaturated/α-hetero) is 3. The molecule has 6 N–H and O–H groups in total. The number of carbonyl (C=O) groups is 6. The third-order valence-electron chi connectivity index (χ3n) is 8.91. The molecule has 334 valence electrons. The van der Waals surface area contributed by atoms with Crippen LogP contribution in [0.2, 0.25) is 0 Å². The zero-order chi connectivity index (χ0) is 47.6. The number of amides is 3. The lowest BCUT2D eigenvalue weighted by molar-refractivity contribution is 0.100. The van der Waals surface area contributed by atoms with Gasteiger partial charge in [-0.05, 0) is 124 Å². The van der Waals surface area contributed by atoms with Crippen LogP contribution in [0.15, 0.2) is 146 Å². The van der Waals surface area contributed by atoms with E-state index in [1.807, 2.05) is 93.9 Å². The van der Waals surface area contributed by atoms with E-state index < -0.39 is 0 Å². The van der Waals surface area contributed by atoms with Crippen LogP contribution in [0.25, 0.3) is 0 Å². The van der Waals surface area contributed by atoms with Gasteiger partial charge in [0.1, 0.15) is 0 Å². The van der Waals surface area contributed by atoms with Crippen molar-refractivity contribution in [2.45, 2.75) is 20.8 Å². The van der Waals surface area contributed by atoms with E-state index in [1.165, 1.54) is 33.5 Å². The molecule has 0 bridgehead atoms. The maximum atomic E-state index is 12.1. The van der Waals surface area contributed by atoms with Crippen molar-refractivity contribution in [1.82, 2.24) is 0 Å². The van der Waals surface area contributed by atoms with Crippen LogP contribution in [0, 0.1) is 0 Å². The summed E-state index contributed by atoms with van der Waals surface area (Å²) < 4.78 is 0. The first kappa shape index (κ1) is 52.9. The van der Waals surface area contributed by atoms with Crippen LogP contribution in [0.4, 0.5) is 34.1 Å². The van der Waals surface area contributed by atoms with Gasteiger partial charge in [0.15, 0.2) is 17.3 Å². The Morgan fingerprint density at radius 1 is 0.312 bits per heavy atom. The zero-order valence-corrected chi connectivity index (χ0v) is 38.6. The van der Waals surface area contributed by atoms with Gasteiger partial charge in [0.05, 0.1) is 0 Å². The number of halogens is 2. The molecule has 12 nitrogen and oxygen atoms in total. The van der Waals surface area contributed by atoms with Crippen LogP contribution in [0.5, 0.6) is 0 Å². The highest BCUT2D eigenvalue weighted by molar-refractivity contribution is 6.15. The fourth-order valence-corrected chi connectivity index (χ4v) is 5.39. The molecule has 0 heterocycles. The molecule has 0 spiro atoms. The predicted molar refractivity (Wildman–Crippen MR) is 265 cm³/mol. The Kier molecular flexibility index (Phi) is 23.4. The predicted octanol–water partition coefficient (Wildman–Crippen LogP) is 11.3. The molecule has 6 aromatic carbocycles. The Labute approximate surface area is 385 Å². The zero-order valence-electron chi connectivity index (χ0n) is 37.1. The van der Waals surface area contributed by atoms with Crippen molar-refractivity contribution in [3.63, 3.8) is 0 Å². The molecule has 0 aromatic heterocycles. The SMILES string of the molecule is CCl.CCl.CNc1ccc(NC(=O)c2ccc(C(C)=O)cc2)cc1.CNc1ccc(NC(=O)c2ccc(C(C)=O)cc2)cc1.CNc1cccc(NC(=O)c2cccc(C(C)=O)c2)c1. The van der Waals surface area contributed by atoms with E-state index in [9.17, 15) is 28.8 Å². The normalized spacial score (nSPS) is 9.47. The van der Waals surface area contributed by atoms with Gasteiger partial charge in [-0.3, -0.25) is 28.8 Å². The minimum absolute atomic E-state index is 0.0142. The van der Waals surface area contributed by atoms with Crippen LogP contribution >= 0.6 is 23.2 Å². The maximum absolute atomic E-state index is 12.1. The number of anilines is 6. The Morgan fingerprint density at radius 3 is 0.984 bits per heavy atom. The standard InChI is InChI=1S/3C16H16N2O2.2CH3Cl/c2*1-11(19)12-3-5-13(6-4-12)16(20)18-15-9-7-14(17-2)8-10-15;1-11(19)12-5-3-6-13(9-12)16(20)18-15-8-4-7-14(10-15)17-2;2*1-2/h3*3-10,17H,1-2H3,(H,18,20);2*1H3. The van der Waals surface area contributed by atoms with Crippen LogP contribution in [-0.2, 0) is 0 Å². The van der Waals surface area contributed by atoms with E-state index in [-0.39, 0.29) is 35.1 Å². The summed E-state index contributed by atoms with van der Waals surface area (Å²) in [6.07, 6.45) is 2.94. The topological polar surface area (TPSA) is 175 Å². The second-order valence-electron chi connectivity index (χ2n) is 13.3. The highest BCUT2D eigenvalue weighted by atomic mass is 35.5. The quantitative estimate of drug-likeness (QED) is 0.0516. The van der Waals surface area contributed by atoms with Crippen molar-refractivity contribution < 1.29 is 28.8 Å². The van der Waals surface area contributed by atoms with Crippen LogP contribution in [0.3, 0.4) is 0 Å². The molecular weight excluding hydrogens is 851 g/mol. The average Bonchev–Trinajstić information content (AvgIpc) is 3.33. The van der Waals surface area contributed by atoms with E-state index >= 15 is 0 Å². The van der Waals surface area contributed by atoms with Crippen molar-refractivity contribution in [2.24, 2.45) is 0 Å². The Hall–Kier alpha value is -7.28. The number of nitrogens with one attached hydrogen (secondary N) is 6. The van der Waals surface area contributed by atoms with Gasteiger partial charge in [-0.1, -0.05) is 42.5 Å². The van der Waals surface area contributed by atoms with E-state index in [0.717, 1.165) is 28.4 Å². The summed E-state index contributed by atoms with van der Waals surface area (Å²) in [5.41, 5.74) is 8.27. The van der Waals surface area contributed by atoms with Crippen molar-refractivity contribution in [3.05, 3.63) is 179 Å². The first-order valence-corrected chi connectivity index (χ1v) is 21.2. The number of alkyl halides is 2. The molecule has 0 fully saturated rings. The third kappa shape index (κ3) is 17.6. The molecule has 0 unspecified atom stereocenters. The third-order valence-corrected chi connectivity index (χ3v) is 8.91. The van der Waals surface area contributed by atoms with Crippen molar-refractivity contribution in [1.29, 1.82) is 0 Å². The molecule has 14 heteroatoms. The largest absolute Gasteiger partial charge is 0.388 e. The van der Waals surface area contributed by atoms with Crippen LogP contribution in [0.1, 0.15) is 82.9 Å². The van der Waals surface area contributed by atoms with Crippen LogP contribution < -0.4 is 31.9 Å². The molecule has 0 aliphatic carbocycles. The lowest BCUT2D eigenvalue weighted by Gasteiger charge is -2.08. The van der Waals surface area contributed by atoms with Gasteiger partial charge in [0, 0.05) is 101 Å². The number of benzene rings is 6. The molecule has 64 heavy (non-hydrogen) atoms. The molecule has 6 rings (SSSR count). The summed E-state index contributed by atoms with van der Waals surface area (Å²) in [7, 11) is 5.49. The smallest absolute Gasteiger partial charge is 0.255 e. The number of rotatable bonds is 12. The van der Waals surface area contributed by atoms with E-state index in [0.29, 0.717) is 39.1 Å². The Bertz CT molecular complexity index is 2330. The molecule has 0 aliphatic heterocycles. The maximum Gasteiger partial charge on any atom is 0.255 e. The lowest BCUT2D eigenvalue weighted by atomic mass is 10.1. The number of hydrogen-bond acceptors (Lipinski definition) is 9. The second kappa shape index (κ2) is 28.3.